The van der Waals surface area contributed by atoms with Crippen molar-refractivity contribution < 1.29 is 13.5 Å². The number of nitrogens with zero attached hydrogens (tertiary/aromatic N) is 2. The first-order chi connectivity index (χ1) is 9.86. The smallest absolute Gasteiger partial charge is 0.244 e. The Morgan fingerprint density at radius 3 is 2.62 bits per heavy atom. The van der Waals surface area contributed by atoms with Crippen LogP contribution in [0.4, 0.5) is 0 Å². The van der Waals surface area contributed by atoms with Gasteiger partial charge in [0.2, 0.25) is 10.0 Å². The van der Waals surface area contributed by atoms with Gasteiger partial charge in [0, 0.05) is 24.1 Å². The number of hydrogen-bond donors (Lipinski definition) is 1. The standard InChI is InChI=1S/C14H21BrN2O3S/c1-11-8-12(10-18)9-13(14(11)15)21(19,20)17-5-3-4-16(2)6-7-17/h8-9,18H,3-7,10H2,1-2H3. The molecule has 0 unspecified atom stereocenters. The fourth-order valence-electron chi connectivity index (χ4n) is 2.49. The number of hydrogen-bond acceptors (Lipinski definition) is 4. The Morgan fingerprint density at radius 1 is 1.24 bits per heavy atom. The molecule has 1 fully saturated rings. The maximum atomic E-state index is 12.9. The van der Waals surface area contributed by atoms with Gasteiger partial charge in [-0.05, 0) is 60.1 Å². The highest BCUT2D eigenvalue weighted by Crippen LogP contribution is 2.30. The van der Waals surface area contributed by atoms with Crippen LogP contribution in [0, 0.1) is 6.92 Å². The van der Waals surface area contributed by atoms with Crippen molar-refractivity contribution >= 4 is 26.0 Å². The van der Waals surface area contributed by atoms with Crippen LogP contribution in [-0.2, 0) is 16.6 Å². The summed E-state index contributed by atoms with van der Waals surface area (Å²) in [6.45, 7) is 4.32. The molecule has 0 spiro atoms. The average molecular weight is 377 g/mol. The van der Waals surface area contributed by atoms with Crippen LogP contribution < -0.4 is 0 Å². The van der Waals surface area contributed by atoms with E-state index in [-0.39, 0.29) is 11.5 Å². The molecule has 1 aromatic rings. The lowest BCUT2D eigenvalue weighted by Crippen LogP contribution is -2.34. The number of aliphatic hydroxyl groups excluding tert-OH is 1. The zero-order chi connectivity index (χ0) is 15.6. The van der Waals surface area contributed by atoms with Crippen molar-refractivity contribution in [1.29, 1.82) is 0 Å². The summed E-state index contributed by atoms with van der Waals surface area (Å²) >= 11 is 3.38. The van der Waals surface area contributed by atoms with Gasteiger partial charge in [0.1, 0.15) is 0 Å². The van der Waals surface area contributed by atoms with Crippen LogP contribution in [-0.4, -0.2) is 56.0 Å². The summed E-state index contributed by atoms with van der Waals surface area (Å²) in [4.78, 5) is 2.39. The molecule has 0 bridgehead atoms. The number of rotatable bonds is 3. The van der Waals surface area contributed by atoms with Crippen LogP contribution in [0.2, 0.25) is 0 Å². The summed E-state index contributed by atoms with van der Waals surface area (Å²) in [6.07, 6.45) is 0.825. The van der Waals surface area contributed by atoms with Gasteiger partial charge in [0.25, 0.3) is 0 Å². The van der Waals surface area contributed by atoms with Gasteiger partial charge in [-0.25, -0.2) is 8.42 Å². The van der Waals surface area contributed by atoms with E-state index in [1.807, 2.05) is 14.0 Å². The average Bonchev–Trinajstić information content (AvgIpc) is 2.66. The van der Waals surface area contributed by atoms with Gasteiger partial charge in [-0.3, -0.25) is 0 Å². The van der Waals surface area contributed by atoms with Crippen LogP contribution in [0.3, 0.4) is 0 Å². The van der Waals surface area contributed by atoms with E-state index in [9.17, 15) is 13.5 Å². The minimum absolute atomic E-state index is 0.167. The monoisotopic (exact) mass is 376 g/mol. The molecule has 0 aromatic heterocycles. The zero-order valence-electron chi connectivity index (χ0n) is 12.3. The van der Waals surface area contributed by atoms with E-state index < -0.39 is 10.0 Å². The van der Waals surface area contributed by atoms with E-state index >= 15 is 0 Å². The Hall–Kier alpha value is -0.470. The van der Waals surface area contributed by atoms with Crippen LogP contribution in [0.5, 0.6) is 0 Å². The maximum Gasteiger partial charge on any atom is 0.244 e. The van der Waals surface area contributed by atoms with Crippen LogP contribution in [0.25, 0.3) is 0 Å². The van der Waals surface area contributed by atoms with Crippen molar-refractivity contribution in [2.24, 2.45) is 0 Å². The normalized spacial score (nSPS) is 18.7. The third-order valence-electron chi connectivity index (χ3n) is 3.76. The Morgan fingerprint density at radius 2 is 1.95 bits per heavy atom. The number of aliphatic hydroxyl groups is 1. The number of likely N-dealkylation sites (N-methyl/N-ethyl adjacent to an activating group) is 1. The Bertz CT molecular complexity index is 619. The summed E-state index contributed by atoms with van der Waals surface area (Å²) in [5.74, 6) is 0. The van der Waals surface area contributed by atoms with E-state index in [1.54, 1.807) is 12.1 Å². The number of benzene rings is 1. The molecule has 0 atom stereocenters. The maximum absolute atomic E-state index is 12.9. The van der Waals surface area contributed by atoms with E-state index in [4.69, 9.17) is 0 Å². The topological polar surface area (TPSA) is 60.9 Å². The summed E-state index contributed by atoms with van der Waals surface area (Å²) in [5.41, 5.74) is 1.42. The summed E-state index contributed by atoms with van der Waals surface area (Å²) in [7, 11) is -1.54. The van der Waals surface area contributed by atoms with Crippen molar-refractivity contribution in [3.8, 4) is 0 Å². The molecular formula is C14H21BrN2O3S. The molecule has 7 heteroatoms. The minimum atomic E-state index is -3.55. The molecule has 0 aliphatic carbocycles. The van der Waals surface area contributed by atoms with E-state index in [0.29, 0.717) is 23.1 Å². The molecule has 1 heterocycles. The number of aryl methyl sites for hydroxylation is 1. The van der Waals surface area contributed by atoms with Crippen molar-refractivity contribution in [3.05, 3.63) is 27.7 Å². The van der Waals surface area contributed by atoms with Gasteiger partial charge in [0.15, 0.2) is 0 Å². The highest BCUT2D eigenvalue weighted by Gasteiger charge is 2.28. The fraction of sp³-hybridized carbons (Fsp3) is 0.571. The SMILES string of the molecule is Cc1cc(CO)cc(S(=O)(=O)N2CCCN(C)CC2)c1Br. The molecule has 0 saturated carbocycles. The molecule has 0 amide bonds. The van der Waals surface area contributed by atoms with E-state index in [0.717, 1.165) is 25.1 Å². The first kappa shape index (κ1) is 16.9. The Balaban J connectivity index is 2.41. The van der Waals surface area contributed by atoms with Crippen molar-refractivity contribution in [1.82, 2.24) is 9.21 Å². The second-order valence-electron chi connectivity index (χ2n) is 5.44. The van der Waals surface area contributed by atoms with Gasteiger partial charge in [-0.15, -0.1) is 0 Å². The Kier molecular flexibility index (Phi) is 5.43. The van der Waals surface area contributed by atoms with Gasteiger partial charge < -0.3 is 10.0 Å². The number of sulfonamides is 1. The third-order valence-corrected chi connectivity index (χ3v) is 7.00. The van der Waals surface area contributed by atoms with Crippen LogP contribution >= 0.6 is 15.9 Å². The van der Waals surface area contributed by atoms with Gasteiger partial charge in [-0.1, -0.05) is 6.07 Å². The first-order valence-corrected chi connectivity index (χ1v) is 9.18. The van der Waals surface area contributed by atoms with Gasteiger partial charge in [0.05, 0.1) is 11.5 Å². The van der Waals surface area contributed by atoms with E-state index in [1.165, 1.54) is 4.31 Å². The molecule has 1 aliphatic rings. The first-order valence-electron chi connectivity index (χ1n) is 6.95. The second kappa shape index (κ2) is 6.75. The van der Waals surface area contributed by atoms with Crippen molar-refractivity contribution in [3.63, 3.8) is 0 Å². The van der Waals surface area contributed by atoms with Crippen LogP contribution in [0.1, 0.15) is 17.5 Å². The molecular weight excluding hydrogens is 356 g/mol. The zero-order valence-corrected chi connectivity index (χ0v) is 14.7. The second-order valence-corrected chi connectivity index (χ2v) is 8.14. The minimum Gasteiger partial charge on any atom is -0.392 e. The van der Waals surface area contributed by atoms with E-state index in [2.05, 4.69) is 20.8 Å². The summed E-state index contributed by atoms with van der Waals surface area (Å²) in [6, 6.07) is 3.35. The lowest BCUT2D eigenvalue weighted by Gasteiger charge is -2.22. The molecule has 2 rings (SSSR count). The molecule has 5 nitrogen and oxygen atoms in total. The molecule has 1 aliphatic heterocycles. The molecule has 0 radical (unpaired) electrons. The van der Waals surface area contributed by atoms with Gasteiger partial charge in [-0.2, -0.15) is 4.31 Å². The molecule has 1 aromatic carbocycles. The summed E-state index contributed by atoms with van der Waals surface area (Å²) < 4.78 is 27.9. The molecule has 118 valence electrons. The fourth-order valence-corrected chi connectivity index (χ4v) is 4.99. The summed E-state index contributed by atoms with van der Waals surface area (Å²) in [5, 5.41) is 9.30. The Labute approximate surface area is 134 Å². The quantitative estimate of drug-likeness (QED) is 0.869. The molecule has 21 heavy (non-hydrogen) atoms. The lowest BCUT2D eigenvalue weighted by molar-refractivity contribution is 0.281. The largest absolute Gasteiger partial charge is 0.392 e. The lowest BCUT2D eigenvalue weighted by atomic mass is 10.1. The van der Waals surface area contributed by atoms with Crippen molar-refractivity contribution in [2.45, 2.75) is 24.8 Å². The highest BCUT2D eigenvalue weighted by atomic mass is 79.9. The molecule has 1 N–H and O–H groups in total. The third kappa shape index (κ3) is 3.65. The predicted octanol–water partition coefficient (Wildman–Crippen LogP) is 1.58. The molecule has 1 saturated heterocycles. The van der Waals surface area contributed by atoms with Gasteiger partial charge >= 0.3 is 0 Å². The highest BCUT2D eigenvalue weighted by molar-refractivity contribution is 9.10. The predicted molar refractivity (Wildman–Crippen MR) is 85.7 cm³/mol. The number of halogens is 1. The van der Waals surface area contributed by atoms with Crippen molar-refractivity contribution in [2.75, 3.05) is 33.2 Å². The van der Waals surface area contributed by atoms with Crippen LogP contribution in [0.15, 0.2) is 21.5 Å².